The fourth-order valence-corrected chi connectivity index (χ4v) is 1.76. The zero-order valence-corrected chi connectivity index (χ0v) is 11.0. The first-order valence-electron chi connectivity index (χ1n) is 5.60. The number of rotatable bonds is 7. The summed E-state index contributed by atoms with van der Waals surface area (Å²) in [4.78, 5) is 0. The standard InChI is InChI=1S/C13H17NO2S/c1-3-15-13-9-11(10-14)5-6-12(13)16-7-4-8-17-2/h5-6,9H,3-4,7-8H2,1-2H3. The van der Waals surface area contributed by atoms with Gasteiger partial charge in [0.25, 0.3) is 0 Å². The van der Waals surface area contributed by atoms with Gasteiger partial charge < -0.3 is 9.47 Å². The van der Waals surface area contributed by atoms with E-state index in [9.17, 15) is 0 Å². The summed E-state index contributed by atoms with van der Waals surface area (Å²) < 4.78 is 11.1. The molecule has 0 aliphatic carbocycles. The van der Waals surface area contributed by atoms with Crippen LogP contribution in [0.25, 0.3) is 0 Å². The van der Waals surface area contributed by atoms with Gasteiger partial charge in [0.15, 0.2) is 11.5 Å². The Morgan fingerprint density at radius 3 is 2.76 bits per heavy atom. The van der Waals surface area contributed by atoms with E-state index in [4.69, 9.17) is 14.7 Å². The molecule has 1 rings (SSSR count). The Morgan fingerprint density at radius 1 is 1.29 bits per heavy atom. The normalized spacial score (nSPS) is 9.71. The van der Waals surface area contributed by atoms with Crippen LogP contribution < -0.4 is 9.47 Å². The predicted molar refractivity (Wildman–Crippen MR) is 70.8 cm³/mol. The fraction of sp³-hybridized carbons (Fsp3) is 0.462. The van der Waals surface area contributed by atoms with Gasteiger partial charge in [-0.15, -0.1) is 0 Å². The monoisotopic (exact) mass is 251 g/mol. The van der Waals surface area contributed by atoms with E-state index >= 15 is 0 Å². The molecule has 3 nitrogen and oxygen atoms in total. The number of benzene rings is 1. The first-order valence-corrected chi connectivity index (χ1v) is 7.00. The third kappa shape index (κ3) is 4.58. The minimum absolute atomic E-state index is 0.566. The molecule has 1 aromatic rings. The molecule has 0 bridgehead atoms. The average Bonchev–Trinajstić information content (AvgIpc) is 2.36. The van der Waals surface area contributed by atoms with Crippen molar-refractivity contribution in [1.82, 2.24) is 0 Å². The summed E-state index contributed by atoms with van der Waals surface area (Å²) in [6, 6.07) is 7.34. The lowest BCUT2D eigenvalue weighted by Crippen LogP contribution is -2.02. The van der Waals surface area contributed by atoms with Crippen molar-refractivity contribution in [3.63, 3.8) is 0 Å². The summed E-state index contributed by atoms with van der Waals surface area (Å²) in [6.07, 6.45) is 3.08. The van der Waals surface area contributed by atoms with Gasteiger partial charge in [-0.2, -0.15) is 17.0 Å². The SMILES string of the molecule is CCOc1cc(C#N)ccc1OCCCSC. The van der Waals surface area contributed by atoms with Crippen molar-refractivity contribution in [1.29, 1.82) is 5.26 Å². The summed E-state index contributed by atoms with van der Waals surface area (Å²) >= 11 is 1.80. The Hall–Kier alpha value is -1.34. The third-order valence-corrected chi connectivity index (χ3v) is 2.82. The molecule has 92 valence electrons. The maximum atomic E-state index is 8.82. The molecule has 0 spiro atoms. The summed E-state index contributed by atoms with van der Waals surface area (Å²) in [7, 11) is 0. The van der Waals surface area contributed by atoms with Gasteiger partial charge in [-0.3, -0.25) is 0 Å². The highest BCUT2D eigenvalue weighted by molar-refractivity contribution is 7.98. The maximum absolute atomic E-state index is 8.82. The van der Waals surface area contributed by atoms with Crippen molar-refractivity contribution >= 4 is 11.8 Å². The second kappa shape index (κ2) is 7.86. The number of thioether (sulfide) groups is 1. The van der Waals surface area contributed by atoms with Crippen LogP contribution in [0.15, 0.2) is 18.2 Å². The highest BCUT2D eigenvalue weighted by atomic mass is 32.2. The predicted octanol–water partition coefficient (Wildman–Crippen LogP) is 3.09. The Bertz CT molecular complexity index is 387. The van der Waals surface area contributed by atoms with Gasteiger partial charge in [0.2, 0.25) is 0 Å². The third-order valence-electron chi connectivity index (χ3n) is 2.12. The fourth-order valence-electron chi connectivity index (χ4n) is 1.35. The molecule has 4 heteroatoms. The molecule has 0 fully saturated rings. The molecular weight excluding hydrogens is 234 g/mol. The molecule has 0 saturated heterocycles. The van der Waals surface area contributed by atoms with Crippen molar-refractivity contribution in [3.8, 4) is 17.6 Å². The topological polar surface area (TPSA) is 42.2 Å². The van der Waals surface area contributed by atoms with Gasteiger partial charge in [-0.1, -0.05) is 0 Å². The van der Waals surface area contributed by atoms with Crippen molar-refractivity contribution in [2.75, 3.05) is 25.2 Å². The van der Waals surface area contributed by atoms with Crippen LogP contribution in [0.1, 0.15) is 18.9 Å². The van der Waals surface area contributed by atoms with Crippen molar-refractivity contribution in [2.24, 2.45) is 0 Å². The van der Waals surface area contributed by atoms with Crippen LogP contribution in [0, 0.1) is 11.3 Å². The van der Waals surface area contributed by atoms with E-state index in [2.05, 4.69) is 12.3 Å². The molecule has 0 heterocycles. The highest BCUT2D eigenvalue weighted by Gasteiger charge is 2.06. The molecule has 0 aromatic heterocycles. The van der Waals surface area contributed by atoms with Gasteiger partial charge in [0, 0.05) is 6.07 Å². The van der Waals surface area contributed by atoms with Gasteiger partial charge in [0.05, 0.1) is 24.8 Å². The molecule has 0 radical (unpaired) electrons. The molecule has 0 aliphatic heterocycles. The molecule has 1 aromatic carbocycles. The van der Waals surface area contributed by atoms with Crippen LogP contribution in [-0.4, -0.2) is 25.2 Å². The lowest BCUT2D eigenvalue weighted by Gasteiger charge is -2.11. The van der Waals surface area contributed by atoms with Crippen LogP contribution in [0.5, 0.6) is 11.5 Å². The lowest BCUT2D eigenvalue weighted by atomic mass is 10.2. The summed E-state index contributed by atoms with van der Waals surface area (Å²) in [5.74, 6) is 2.45. The Labute approximate surface area is 107 Å². The number of ether oxygens (including phenoxy) is 2. The summed E-state index contributed by atoms with van der Waals surface area (Å²) in [5.41, 5.74) is 0.588. The average molecular weight is 251 g/mol. The molecular formula is C13H17NO2S. The first kappa shape index (κ1) is 13.7. The van der Waals surface area contributed by atoms with E-state index in [1.165, 1.54) is 0 Å². The van der Waals surface area contributed by atoms with Crippen molar-refractivity contribution < 1.29 is 9.47 Å². The van der Waals surface area contributed by atoms with Crippen LogP contribution in [-0.2, 0) is 0 Å². The van der Waals surface area contributed by atoms with Gasteiger partial charge in [0.1, 0.15) is 0 Å². The van der Waals surface area contributed by atoms with Gasteiger partial charge in [-0.05, 0) is 37.5 Å². The van der Waals surface area contributed by atoms with Crippen LogP contribution in [0.2, 0.25) is 0 Å². The van der Waals surface area contributed by atoms with Crippen molar-refractivity contribution in [2.45, 2.75) is 13.3 Å². The molecule has 0 atom stereocenters. The van der Waals surface area contributed by atoms with Crippen molar-refractivity contribution in [3.05, 3.63) is 23.8 Å². The van der Waals surface area contributed by atoms with Crippen LogP contribution >= 0.6 is 11.8 Å². The summed E-state index contributed by atoms with van der Waals surface area (Å²) in [6.45, 7) is 3.15. The van der Waals surface area contributed by atoms with Crippen LogP contribution in [0.4, 0.5) is 0 Å². The molecule has 0 saturated carbocycles. The smallest absolute Gasteiger partial charge is 0.162 e. The zero-order chi connectivity index (χ0) is 12.5. The number of nitriles is 1. The Morgan fingerprint density at radius 2 is 2.12 bits per heavy atom. The quantitative estimate of drug-likeness (QED) is 0.698. The van der Waals surface area contributed by atoms with E-state index in [-0.39, 0.29) is 0 Å². The number of hydrogen-bond donors (Lipinski definition) is 0. The largest absolute Gasteiger partial charge is 0.490 e. The highest BCUT2D eigenvalue weighted by Crippen LogP contribution is 2.28. The van der Waals surface area contributed by atoms with Gasteiger partial charge in [-0.25, -0.2) is 0 Å². The second-order valence-corrected chi connectivity index (χ2v) is 4.39. The van der Waals surface area contributed by atoms with Gasteiger partial charge >= 0.3 is 0 Å². The lowest BCUT2D eigenvalue weighted by molar-refractivity contribution is 0.277. The molecule has 0 amide bonds. The second-order valence-electron chi connectivity index (χ2n) is 3.40. The molecule has 0 N–H and O–H groups in total. The zero-order valence-electron chi connectivity index (χ0n) is 10.2. The molecule has 0 aliphatic rings. The molecule has 17 heavy (non-hydrogen) atoms. The minimum Gasteiger partial charge on any atom is -0.490 e. The van der Waals surface area contributed by atoms with E-state index in [0.717, 1.165) is 12.2 Å². The molecule has 0 unspecified atom stereocenters. The van der Waals surface area contributed by atoms with Crippen LogP contribution in [0.3, 0.4) is 0 Å². The first-order chi connectivity index (χ1) is 8.31. The van der Waals surface area contributed by atoms with E-state index < -0.39 is 0 Å². The summed E-state index contributed by atoms with van der Waals surface area (Å²) in [5, 5.41) is 8.82. The van der Waals surface area contributed by atoms with E-state index in [0.29, 0.717) is 30.3 Å². The Kier molecular flexibility index (Phi) is 6.34. The minimum atomic E-state index is 0.566. The number of nitrogens with zero attached hydrogens (tertiary/aromatic N) is 1. The number of hydrogen-bond acceptors (Lipinski definition) is 4. The van der Waals surface area contributed by atoms with E-state index in [1.807, 2.05) is 6.92 Å². The van der Waals surface area contributed by atoms with E-state index in [1.54, 1.807) is 30.0 Å². The maximum Gasteiger partial charge on any atom is 0.162 e. The Balaban J connectivity index is 2.66.